The summed E-state index contributed by atoms with van der Waals surface area (Å²) in [4.78, 5) is 43.3. The fraction of sp³-hybridized carbons (Fsp3) is 0.167. The minimum Gasteiger partial charge on any atom is -0.325 e. The Kier molecular flexibility index (Phi) is 5.96. The van der Waals surface area contributed by atoms with Gasteiger partial charge in [-0.05, 0) is 80.1 Å². The van der Waals surface area contributed by atoms with Crippen LogP contribution in [0.15, 0.2) is 59.6 Å². The first-order valence-electron chi connectivity index (χ1n) is 10.1. The van der Waals surface area contributed by atoms with Gasteiger partial charge in [0.25, 0.3) is 11.1 Å². The lowest BCUT2D eigenvalue weighted by Gasteiger charge is -2.12. The topological polar surface area (TPSA) is 84.3 Å². The largest absolute Gasteiger partial charge is 0.325 e. The first-order valence-corrected chi connectivity index (χ1v) is 10.9. The van der Waals surface area contributed by atoms with Crippen LogP contribution < -0.4 is 5.32 Å². The summed E-state index contributed by atoms with van der Waals surface area (Å²) in [6.45, 7) is 5.48. The van der Waals surface area contributed by atoms with Crippen LogP contribution in [0.4, 0.5) is 10.5 Å². The predicted octanol–water partition coefficient (Wildman–Crippen LogP) is 4.47. The molecule has 1 fully saturated rings. The third-order valence-electron chi connectivity index (χ3n) is 5.11. The number of hydrogen-bond acceptors (Lipinski definition) is 5. The van der Waals surface area contributed by atoms with Gasteiger partial charge >= 0.3 is 0 Å². The molecule has 0 radical (unpaired) electrons. The maximum atomic E-state index is 12.9. The molecule has 1 aliphatic heterocycles. The molecule has 1 N–H and O–H groups in total. The van der Waals surface area contributed by atoms with Gasteiger partial charge in [-0.1, -0.05) is 18.2 Å². The van der Waals surface area contributed by atoms with E-state index in [1.165, 1.54) is 0 Å². The summed E-state index contributed by atoms with van der Waals surface area (Å²) in [5.41, 5.74) is 4.32. The second-order valence-corrected chi connectivity index (χ2v) is 8.53. The fourth-order valence-electron chi connectivity index (χ4n) is 3.62. The maximum Gasteiger partial charge on any atom is 0.294 e. The number of carbonyl (C=O) groups excluding carboxylic acids is 3. The van der Waals surface area contributed by atoms with E-state index in [1.807, 2.05) is 67.8 Å². The maximum absolute atomic E-state index is 12.9. The normalized spacial score (nSPS) is 15.0. The van der Waals surface area contributed by atoms with Gasteiger partial charge in [0.05, 0.1) is 4.91 Å². The smallest absolute Gasteiger partial charge is 0.294 e. The Bertz CT molecular complexity index is 1250. The molecule has 0 bridgehead atoms. The van der Waals surface area contributed by atoms with Crippen LogP contribution in [0, 0.1) is 20.8 Å². The van der Waals surface area contributed by atoms with Gasteiger partial charge in [0.2, 0.25) is 5.91 Å². The number of anilines is 1. The fourth-order valence-corrected chi connectivity index (χ4v) is 4.45. The van der Waals surface area contributed by atoms with Crippen molar-refractivity contribution in [2.75, 3.05) is 11.9 Å². The number of aryl methyl sites for hydroxylation is 2. The van der Waals surface area contributed by atoms with Gasteiger partial charge in [-0.3, -0.25) is 19.3 Å². The predicted molar refractivity (Wildman–Crippen MR) is 126 cm³/mol. The molecule has 1 aliphatic rings. The number of pyridine rings is 1. The van der Waals surface area contributed by atoms with Gasteiger partial charge in [0, 0.05) is 23.3 Å². The Balaban J connectivity index is 1.52. The molecule has 8 heteroatoms. The first kappa shape index (κ1) is 21.6. The second-order valence-electron chi connectivity index (χ2n) is 7.54. The van der Waals surface area contributed by atoms with E-state index in [-0.39, 0.29) is 6.54 Å². The van der Waals surface area contributed by atoms with E-state index in [2.05, 4.69) is 10.3 Å². The zero-order valence-corrected chi connectivity index (χ0v) is 18.8. The zero-order chi connectivity index (χ0) is 22.8. The number of imide groups is 1. The highest BCUT2D eigenvalue weighted by molar-refractivity contribution is 8.18. The summed E-state index contributed by atoms with van der Waals surface area (Å²) in [6.07, 6.45) is 3.42. The van der Waals surface area contributed by atoms with Crippen LogP contribution in [0.2, 0.25) is 0 Å². The highest BCUT2D eigenvalue weighted by Gasteiger charge is 2.36. The molecule has 32 heavy (non-hydrogen) atoms. The average molecular weight is 447 g/mol. The minimum atomic E-state index is -0.470. The van der Waals surface area contributed by atoms with Crippen LogP contribution in [0.3, 0.4) is 0 Å². The van der Waals surface area contributed by atoms with E-state index < -0.39 is 17.1 Å². The Morgan fingerprint density at radius 3 is 2.62 bits per heavy atom. The molecule has 1 saturated heterocycles. The van der Waals surface area contributed by atoms with Crippen molar-refractivity contribution in [2.45, 2.75) is 20.8 Å². The zero-order valence-electron chi connectivity index (χ0n) is 18.0. The molecule has 7 nitrogen and oxygen atoms in total. The molecule has 162 valence electrons. The van der Waals surface area contributed by atoms with E-state index in [1.54, 1.807) is 18.3 Å². The SMILES string of the molecule is Cc1cccc(NC(=O)CN2C(=O)S/C(=C\c3cc(C)n(-c4ccccn4)c3C)C2=O)c1. The average Bonchev–Trinajstić information content (AvgIpc) is 3.18. The van der Waals surface area contributed by atoms with Crippen molar-refractivity contribution in [3.8, 4) is 5.82 Å². The van der Waals surface area contributed by atoms with E-state index in [0.29, 0.717) is 10.6 Å². The van der Waals surface area contributed by atoms with E-state index in [4.69, 9.17) is 0 Å². The summed E-state index contributed by atoms with van der Waals surface area (Å²) in [6, 6.07) is 14.9. The van der Waals surface area contributed by atoms with Gasteiger partial charge in [0.1, 0.15) is 12.4 Å². The Morgan fingerprint density at radius 2 is 1.91 bits per heavy atom. The molecule has 0 atom stereocenters. The molecule has 0 spiro atoms. The lowest BCUT2D eigenvalue weighted by atomic mass is 10.2. The summed E-state index contributed by atoms with van der Waals surface area (Å²) in [7, 11) is 0. The van der Waals surface area contributed by atoms with Crippen molar-refractivity contribution >= 4 is 40.6 Å². The summed E-state index contributed by atoms with van der Waals surface area (Å²) < 4.78 is 1.99. The minimum absolute atomic E-state index is 0.291. The third-order valence-corrected chi connectivity index (χ3v) is 6.02. The van der Waals surface area contributed by atoms with Gasteiger partial charge in [0.15, 0.2) is 0 Å². The lowest BCUT2D eigenvalue weighted by Crippen LogP contribution is -2.36. The monoisotopic (exact) mass is 446 g/mol. The number of hydrogen-bond donors (Lipinski definition) is 1. The molecule has 4 rings (SSSR count). The van der Waals surface area contributed by atoms with E-state index in [0.717, 1.165) is 45.0 Å². The van der Waals surface area contributed by atoms with Crippen molar-refractivity contribution in [1.82, 2.24) is 14.5 Å². The van der Waals surface area contributed by atoms with Crippen molar-refractivity contribution in [2.24, 2.45) is 0 Å². The van der Waals surface area contributed by atoms with Crippen LogP contribution >= 0.6 is 11.8 Å². The second kappa shape index (κ2) is 8.84. The molecule has 1 aromatic carbocycles. The quantitative estimate of drug-likeness (QED) is 0.585. The molecule has 0 saturated carbocycles. The van der Waals surface area contributed by atoms with Crippen LogP contribution in [-0.2, 0) is 9.59 Å². The van der Waals surface area contributed by atoms with Crippen LogP contribution in [0.5, 0.6) is 0 Å². The summed E-state index contributed by atoms with van der Waals surface area (Å²) >= 11 is 0.841. The van der Waals surface area contributed by atoms with Gasteiger partial charge in [-0.15, -0.1) is 0 Å². The van der Waals surface area contributed by atoms with Gasteiger partial charge in [-0.25, -0.2) is 4.98 Å². The Hall–Kier alpha value is -3.65. The molecule has 3 amide bonds. The third kappa shape index (κ3) is 4.36. The van der Waals surface area contributed by atoms with Crippen LogP contribution in [-0.4, -0.2) is 38.0 Å². The van der Waals surface area contributed by atoms with Crippen LogP contribution in [0.1, 0.15) is 22.5 Å². The molecule has 0 unspecified atom stereocenters. The highest BCUT2D eigenvalue weighted by atomic mass is 32.2. The number of rotatable bonds is 5. The summed E-state index contributed by atoms with van der Waals surface area (Å²) in [5, 5.41) is 2.27. The van der Waals surface area contributed by atoms with Crippen molar-refractivity contribution in [3.63, 3.8) is 0 Å². The van der Waals surface area contributed by atoms with Gasteiger partial charge in [-0.2, -0.15) is 0 Å². The van der Waals surface area contributed by atoms with E-state index in [9.17, 15) is 14.4 Å². The Morgan fingerprint density at radius 1 is 1.09 bits per heavy atom. The molecule has 2 aromatic heterocycles. The number of nitrogens with zero attached hydrogens (tertiary/aromatic N) is 3. The number of aromatic nitrogens is 2. The number of nitrogens with one attached hydrogen (secondary N) is 1. The molecule has 3 aromatic rings. The first-order chi connectivity index (χ1) is 15.3. The molecular formula is C24H22N4O3S. The molecule has 0 aliphatic carbocycles. The number of carbonyl (C=O) groups is 3. The standard InChI is InChI=1S/C24H22N4O3S/c1-15-7-6-8-19(11-15)26-22(29)14-27-23(30)20(32-24(27)31)13-18-12-16(2)28(17(18)3)21-9-4-5-10-25-21/h4-13H,14H2,1-3H3,(H,26,29)/b20-13-. The van der Waals surface area contributed by atoms with Crippen molar-refractivity contribution in [3.05, 3.63) is 82.1 Å². The summed E-state index contributed by atoms with van der Waals surface area (Å²) in [5.74, 6) is -0.113. The van der Waals surface area contributed by atoms with Gasteiger partial charge < -0.3 is 9.88 Å². The number of amides is 3. The van der Waals surface area contributed by atoms with Crippen molar-refractivity contribution in [1.29, 1.82) is 0 Å². The van der Waals surface area contributed by atoms with E-state index >= 15 is 0 Å². The Labute approximate surface area is 190 Å². The number of benzene rings is 1. The molecule has 3 heterocycles. The highest BCUT2D eigenvalue weighted by Crippen LogP contribution is 2.33. The number of thioether (sulfide) groups is 1. The van der Waals surface area contributed by atoms with Crippen LogP contribution in [0.25, 0.3) is 11.9 Å². The lowest BCUT2D eigenvalue weighted by molar-refractivity contribution is -0.127. The van der Waals surface area contributed by atoms with Crippen molar-refractivity contribution < 1.29 is 14.4 Å². The molecular weight excluding hydrogens is 424 g/mol.